The van der Waals surface area contributed by atoms with E-state index in [1.807, 2.05) is 0 Å². The first kappa shape index (κ1) is 12.1. The van der Waals surface area contributed by atoms with Crippen LogP contribution in [-0.2, 0) is 8.85 Å². The maximum Gasteiger partial charge on any atom is 0.324 e. The van der Waals surface area contributed by atoms with E-state index in [1.54, 1.807) is 14.2 Å². The van der Waals surface area contributed by atoms with Crippen LogP contribution in [-0.4, -0.2) is 30.0 Å². The number of hydrogen-bond donors (Lipinski definition) is 1. The molecule has 0 saturated heterocycles. The van der Waals surface area contributed by atoms with Crippen molar-refractivity contribution in [3.05, 3.63) is 0 Å². The summed E-state index contributed by atoms with van der Waals surface area (Å²) in [4.78, 5) is 0. The van der Waals surface area contributed by atoms with Gasteiger partial charge in [0.15, 0.2) is 0 Å². The van der Waals surface area contributed by atoms with Crippen LogP contribution in [0.15, 0.2) is 0 Å². The highest BCUT2D eigenvalue weighted by Crippen LogP contribution is 2.21. The van der Waals surface area contributed by atoms with Crippen molar-refractivity contribution in [1.82, 2.24) is 0 Å². The van der Waals surface area contributed by atoms with Gasteiger partial charge in [-0.2, -0.15) is 0 Å². The summed E-state index contributed by atoms with van der Waals surface area (Å²) < 4.78 is 10.7. The summed E-state index contributed by atoms with van der Waals surface area (Å²) in [7, 11) is 2.09. The molecule has 0 aromatic carbocycles. The lowest BCUT2D eigenvalue weighted by molar-refractivity contribution is 0.260. The zero-order valence-electron chi connectivity index (χ0n) is 8.38. The van der Waals surface area contributed by atoms with Crippen LogP contribution in [0.1, 0.15) is 26.2 Å². The maximum absolute atomic E-state index is 5.45. The van der Waals surface area contributed by atoms with Gasteiger partial charge in [0.1, 0.15) is 0 Å². The zero-order valence-corrected chi connectivity index (χ0v) is 9.53. The summed E-state index contributed by atoms with van der Waals surface area (Å²) in [6.45, 7) is 2.95. The van der Waals surface area contributed by atoms with Gasteiger partial charge in [-0.3, -0.25) is 0 Å². The molecule has 0 spiro atoms. The molecular weight excluding hydrogens is 170 g/mol. The van der Waals surface area contributed by atoms with Crippen molar-refractivity contribution in [3.8, 4) is 0 Å². The van der Waals surface area contributed by atoms with Crippen LogP contribution in [0.2, 0.25) is 5.54 Å². The molecule has 0 aromatic rings. The van der Waals surface area contributed by atoms with E-state index in [-0.39, 0.29) is 0 Å². The van der Waals surface area contributed by atoms with Crippen LogP contribution in [0.3, 0.4) is 0 Å². The van der Waals surface area contributed by atoms with Gasteiger partial charge in [-0.05, 0) is 24.9 Å². The fourth-order valence-corrected chi connectivity index (χ4v) is 3.25. The Morgan fingerprint density at radius 2 is 1.92 bits per heavy atom. The molecule has 1 atom stereocenters. The molecule has 0 amide bonds. The van der Waals surface area contributed by atoms with E-state index in [9.17, 15) is 0 Å². The number of nitrogens with two attached hydrogens (primary N) is 1. The Morgan fingerprint density at radius 1 is 1.33 bits per heavy atom. The molecule has 0 bridgehead atoms. The Balaban J connectivity index is 3.75. The van der Waals surface area contributed by atoms with Crippen molar-refractivity contribution in [2.24, 2.45) is 5.73 Å². The third-order valence-electron chi connectivity index (χ3n) is 2.15. The molecule has 12 heavy (non-hydrogen) atoms. The molecule has 0 aliphatic heterocycles. The van der Waals surface area contributed by atoms with E-state index < -0.39 is 9.28 Å². The molecule has 2 N–H and O–H groups in total. The first-order valence-corrected chi connectivity index (χ1v) is 6.16. The lowest BCUT2D eigenvalue weighted by atomic mass is 10.2. The maximum atomic E-state index is 5.45. The molecule has 0 saturated carbocycles. The lowest BCUT2D eigenvalue weighted by Gasteiger charge is -2.20. The summed E-state index contributed by atoms with van der Waals surface area (Å²) in [6, 6.07) is 0. The third kappa shape index (κ3) is 4.20. The summed E-state index contributed by atoms with van der Waals surface area (Å²) in [6.07, 6.45) is 3.36. The second-order valence-corrected chi connectivity index (χ2v) is 5.56. The van der Waals surface area contributed by atoms with Gasteiger partial charge in [-0.15, -0.1) is 0 Å². The Bertz CT molecular complexity index is 99.1. The minimum atomic E-state index is -1.39. The van der Waals surface area contributed by atoms with Gasteiger partial charge in [0.25, 0.3) is 0 Å². The average molecular weight is 191 g/mol. The predicted molar refractivity (Wildman–Crippen MR) is 53.5 cm³/mol. The van der Waals surface area contributed by atoms with Crippen molar-refractivity contribution in [1.29, 1.82) is 0 Å². The fourth-order valence-electron chi connectivity index (χ4n) is 1.39. The van der Waals surface area contributed by atoms with Gasteiger partial charge in [0.2, 0.25) is 0 Å². The van der Waals surface area contributed by atoms with Crippen LogP contribution < -0.4 is 5.73 Å². The van der Waals surface area contributed by atoms with E-state index >= 15 is 0 Å². The van der Waals surface area contributed by atoms with Crippen molar-refractivity contribution >= 4 is 9.28 Å². The van der Waals surface area contributed by atoms with Crippen molar-refractivity contribution in [3.63, 3.8) is 0 Å². The third-order valence-corrected chi connectivity index (χ3v) is 4.66. The van der Waals surface area contributed by atoms with Crippen LogP contribution in [0.5, 0.6) is 0 Å². The van der Waals surface area contributed by atoms with Crippen LogP contribution in [0, 0.1) is 0 Å². The molecule has 0 aromatic heterocycles. The Hall–Kier alpha value is 0.0969. The van der Waals surface area contributed by atoms with Crippen LogP contribution >= 0.6 is 0 Å². The lowest BCUT2D eigenvalue weighted by Crippen LogP contribution is -2.26. The summed E-state index contributed by atoms with van der Waals surface area (Å²) in [5.41, 5.74) is 6.06. The first-order valence-electron chi connectivity index (χ1n) is 4.55. The molecular formula is C8H21NO2Si. The minimum Gasteiger partial charge on any atom is -0.400 e. The molecule has 3 nitrogen and oxygen atoms in total. The fraction of sp³-hybridized carbons (Fsp3) is 1.00. The largest absolute Gasteiger partial charge is 0.400 e. The van der Waals surface area contributed by atoms with Crippen molar-refractivity contribution < 1.29 is 8.85 Å². The quantitative estimate of drug-likeness (QED) is 0.611. The Morgan fingerprint density at radius 3 is 2.25 bits per heavy atom. The minimum absolute atomic E-state index is 0.614. The average Bonchev–Trinajstić information content (AvgIpc) is 2.12. The second kappa shape index (κ2) is 7.73. The van der Waals surface area contributed by atoms with E-state index in [4.69, 9.17) is 14.6 Å². The molecule has 74 valence electrons. The highest BCUT2D eigenvalue weighted by Gasteiger charge is 2.21. The molecule has 4 heteroatoms. The van der Waals surface area contributed by atoms with E-state index in [0.29, 0.717) is 5.54 Å². The van der Waals surface area contributed by atoms with Crippen molar-refractivity contribution in [2.45, 2.75) is 31.7 Å². The van der Waals surface area contributed by atoms with E-state index in [0.717, 1.165) is 25.8 Å². The number of rotatable bonds is 7. The molecule has 0 aliphatic carbocycles. The Labute approximate surface area is 77.1 Å². The molecule has 1 unspecified atom stereocenters. The van der Waals surface area contributed by atoms with E-state index in [2.05, 4.69) is 6.92 Å². The zero-order chi connectivity index (χ0) is 9.40. The van der Waals surface area contributed by atoms with Crippen LogP contribution in [0.4, 0.5) is 0 Å². The molecule has 0 radical (unpaired) electrons. The Kier molecular flexibility index (Phi) is 7.79. The smallest absolute Gasteiger partial charge is 0.324 e. The molecule has 0 fully saturated rings. The summed E-state index contributed by atoms with van der Waals surface area (Å²) >= 11 is 0. The summed E-state index contributed by atoms with van der Waals surface area (Å²) in [5, 5.41) is 0. The number of hydrogen-bond acceptors (Lipinski definition) is 3. The summed E-state index contributed by atoms with van der Waals surface area (Å²) in [5.74, 6) is 0. The molecule has 0 aliphatic rings. The SMILES string of the molecule is CCC(CCCN)[SiH](OC)OC. The van der Waals surface area contributed by atoms with Gasteiger partial charge in [0.05, 0.1) is 0 Å². The van der Waals surface area contributed by atoms with Gasteiger partial charge >= 0.3 is 9.28 Å². The van der Waals surface area contributed by atoms with Crippen molar-refractivity contribution in [2.75, 3.05) is 20.8 Å². The van der Waals surface area contributed by atoms with Gasteiger partial charge < -0.3 is 14.6 Å². The highest BCUT2D eigenvalue weighted by molar-refractivity contribution is 6.46. The van der Waals surface area contributed by atoms with E-state index in [1.165, 1.54) is 0 Å². The standard InChI is InChI=1S/C8H21NO2Si/c1-4-8(6-5-7-9)12(10-2)11-3/h8,12H,4-7,9H2,1-3H3. The monoisotopic (exact) mass is 191 g/mol. The van der Waals surface area contributed by atoms with Gasteiger partial charge in [-0.1, -0.05) is 13.3 Å². The first-order chi connectivity index (χ1) is 5.79. The molecule has 0 heterocycles. The van der Waals surface area contributed by atoms with Gasteiger partial charge in [-0.25, -0.2) is 0 Å². The predicted octanol–water partition coefficient (Wildman–Crippen LogP) is 1.02. The van der Waals surface area contributed by atoms with Crippen LogP contribution in [0.25, 0.3) is 0 Å². The highest BCUT2D eigenvalue weighted by atomic mass is 28.3. The molecule has 0 rings (SSSR count). The normalized spacial score (nSPS) is 13.8. The van der Waals surface area contributed by atoms with Gasteiger partial charge in [0, 0.05) is 14.2 Å². The topological polar surface area (TPSA) is 44.5 Å². The second-order valence-electron chi connectivity index (χ2n) is 2.94.